The summed E-state index contributed by atoms with van der Waals surface area (Å²) in [4.78, 5) is 0. The Morgan fingerprint density at radius 2 is 2.10 bits per heavy atom. The summed E-state index contributed by atoms with van der Waals surface area (Å²) in [5.74, 6) is 0.720. The lowest BCUT2D eigenvalue weighted by atomic mass is 10.0. The van der Waals surface area contributed by atoms with Crippen molar-refractivity contribution < 1.29 is 19.0 Å². The summed E-state index contributed by atoms with van der Waals surface area (Å²) in [7, 11) is 0. The Labute approximate surface area is 134 Å². The monoisotopic (exact) mass is 372 g/mol. The molecule has 1 aliphatic heterocycles. The average Bonchev–Trinajstić information content (AvgIpc) is 2.92. The normalized spacial score (nSPS) is 14.3. The zero-order valence-electron chi connectivity index (χ0n) is 10.8. The van der Waals surface area contributed by atoms with Crippen LogP contribution < -0.4 is 9.47 Å². The zero-order chi connectivity index (χ0) is 15.0. The van der Waals surface area contributed by atoms with Gasteiger partial charge in [0.15, 0.2) is 11.5 Å². The van der Waals surface area contributed by atoms with E-state index in [2.05, 4.69) is 15.9 Å². The lowest BCUT2D eigenvalue weighted by molar-refractivity contribution is 0.171. The van der Waals surface area contributed by atoms with Crippen LogP contribution in [-0.4, -0.2) is 11.9 Å². The highest BCUT2D eigenvalue weighted by molar-refractivity contribution is 9.10. The van der Waals surface area contributed by atoms with Crippen LogP contribution in [0.25, 0.3) is 0 Å². The topological polar surface area (TPSA) is 38.7 Å². The molecule has 2 aromatic carbocycles. The van der Waals surface area contributed by atoms with Crippen LogP contribution in [0.2, 0.25) is 5.02 Å². The van der Waals surface area contributed by atoms with Crippen molar-refractivity contribution in [2.24, 2.45) is 0 Å². The van der Waals surface area contributed by atoms with Crippen molar-refractivity contribution in [3.8, 4) is 11.5 Å². The molecule has 0 saturated carbocycles. The van der Waals surface area contributed by atoms with E-state index in [4.69, 9.17) is 21.1 Å². The number of halogens is 3. The SMILES string of the molecule is OC(Cc1ccc(Cl)c(F)c1)c1cc(Br)c2c(c1)OCO2. The number of hydrogen-bond donors (Lipinski definition) is 1. The second kappa shape index (κ2) is 5.83. The molecule has 0 saturated heterocycles. The Bertz CT molecular complexity index is 693. The van der Waals surface area contributed by atoms with E-state index < -0.39 is 11.9 Å². The number of fused-ring (bicyclic) bond motifs is 1. The number of aliphatic hydroxyl groups is 1. The molecule has 1 atom stereocenters. The van der Waals surface area contributed by atoms with Crippen molar-refractivity contribution in [2.75, 3.05) is 6.79 Å². The van der Waals surface area contributed by atoms with Crippen molar-refractivity contribution in [1.29, 1.82) is 0 Å². The smallest absolute Gasteiger partial charge is 0.231 e. The van der Waals surface area contributed by atoms with E-state index in [9.17, 15) is 9.50 Å². The molecule has 6 heteroatoms. The van der Waals surface area contributed by atoms with Gasteiger partial charge in [-0.05, 0) is 51.3 Å². The minimum absolute atomic E-state index is 0.0686. The van der Waals surface area contributed by atoms with Crippen LogP contribution in [0, 0.1) is 5.82 Å². The van der Waals surface area contributed by atoms with E-state index in [-0.39, 0.29) is 18.2 Å². The average molecular weight is 374 g/mol. The third kappa shape index (κ3) is 3.00. The first-order valence-corrected chi connectivity index (χ1v) is 7.42. The first kappa shape index (κ1) is 14.6. The number of benzene rings is 2. The third-order valence-corrected chi connectivity index (χ3v) is 4.14. The van der Waals surface area contributed by atoms with Crippen LogP contribution in [-0.2, 0) is 6.42 Å². The van der Waals surface area contributed by atoms with E-state index in [1.807, 2.05) is 0 Å². The summed E-state index contributed by atoms with van der Waals surface area (Å²) in [6.45, 7) is 0.163. The van der Waals surface area contributed by atoms with Crippen molar-refractivity contribution in [3.05, 3.63) is 56.8 Å². The second-order valence-corrected chi connectivity index (χ2v) is 5.97. The van der Waals surface area contributed by atoms with Gasteiger partial charge in [-0.25, -0.2) is 4.39 Å². The molecule has 0 aliphatic carbocycles. The van der Waals surface area contributed by atoms with Crippen molar-refractivity contribution >= 4 is 27.5 Å². The molecule has 0 fully saturated rings. The summed E-state index contributed by atoms with van der Waals surface area (Å²) >= 11 is 9.02. The highest BCUT2D eigenvalue weighted by Crippen LogP contribution is 2.41. The first-order chi connectivity index (χ1) is 10.0. The number of rotatable bonds is 3. The van der Waals surface area contributed by atoms with Crippen molar-refractivity contribution in [2.45, 2.75) is 12.5 Å². The molecule has 21 heavy (non-hydrogen) atoms. The van der Waals surface area contributed by atoms with Crippen LogP contribution in [0.1, 0.15) is 17.2 Å². The molecular formula is C15H11BrClFO3. The molecule has 0 radical (unpaired) electrons. The van der Waals surface area contributed by atoms with E-state index in [0.29, 0.717) is 27.1 Å². The second-order valence-electron chi connectivity index (χ2n) is 4.70. The van der Waals surface area contributed by atoms with Gasteiger partial charge >= 0.3 is 0 Å². The minimum atomic E-state index is -0.781. The zero-order valence-corrected chi connectivity index (χ0v) is 13.1. The number of aliphatic hydroxyl groups excluding tert-OH is 1. The highest BCUT2D eigenvalue weighted by atomic mass is 79.9. The highest BCUT2D eigenvalue weighted by Gasteiger charge is 2.21. The Morgan fingerprint density at radius 1 is 1.29 bits per heavy atom. The molecule has 3 rings (SSSR count). The standard InChI is InChI=1S/C15H11BrClFO3/c16-10-5-9(6-14-15(10)21-7-20-14)13(19)4-8-1-2-11(17)12(18)3-8/h1-3,5-6,13,19H,4,7H2. The maximum atomic E-state index is 13.4. The third-order valence-electron chi connectivity index (χ3n) is 3.25. The lowest BCUT2D eigenvalue weighted by Crippen LogP contribution is -2.02. The molecular weight excluding hydrogens is 363 g/mol. The van der Waals surface area contributed by atoms with E-state index in [1.54, 1.807) is 18.2 Å². The van der Waals surface area contributed by atoms with Gasteiger partial charge < -0.3 is 14.6 Å². The number of ether oxygens (including phenoxy) is 2. The van der Waals surface area contributed by atoms with Gasteiger partial charge in [0.1, 0.15) is 5.82 Å². The summed E-state index contributed by atoms with van der Waals surface area (Å²) in [5, 5.41) is 10.4. The van der Waals surface area contributed by atoms with Gasteiger partial charge in [0.25, 0.3) is 0 Å². The predicted octanol–water partition coefficient (Wildman–Crippen LogP) is 4.25. The van der Waals surface area contributed by atoms with E-state index in [1.165, 1.54) is 12.1 Å². The van der Waals surface area contributed by atoms with Crippen LogP contribution in [0.5, 0.6) is 11.5 Å². The van der Waals surface area contributed by atoms with Gasteiger partial charge in [0.2, 0.25) is 6.79 Å². The fourth-order valence-corrected chi connectivity index (χ4v) is 2.88. The molecule has 1 N–H and O–H groups in total. The Kier molecular flexibility index (Phi) is 4.06. The summed E-state index contributed by atoms with van der Waals surface area (Å²) in [6, 6.07) is 7.99. The van der Waals surface area contributed by atoms with Gasteiger partial charge in [-0.3, -0.25) is 0 Å². The molecule has 1 heterocycles. The lowest BCUT2D eigenvalue weighted by Gasteiger charge is -2.13. The summed E-state index contributed by atoms with van der Waals surface area (Å²) in [5.41, 5.74) is 1.33. The fraction of sp³-hybridized carbons (Fsp3) is 0.200. The molecule has 1 unspecified atom stereocenters. The van der Waals surface area contributed by atoms with Gasteiger partial charge in [-0.2, -0.15) is 0 Å². The van der Waals surface area contributed by atoms with Gasteiger partial charge in [0.05, 0.1) is 15.6 Å². The Balaban J connectivity index is 1.83. The fourth-order valence-electron chi connectivity index (χ4n) is 2.19. The summed E-state index contributed by atoms with van der Waals surface area (Å²) < 4.78 is 24.7. The Morgan fingerprint density at radius 3 is 2.86 bits per heavy atom. The summed E-state index contributed by atoms with van der Waals surface area (Å²) in [6.07, 6.45) is -0.503. The van der Waals surface area contributed by atoms with Crippen molar-refractivity contribution in [1.82, 2.24) is 0 Å². The number of hydrogen-bond acceptors (Lipinski definition) is 3. The van der Waals surface area contributed by atoms with Crippen LogP contribution in [0.4, 0.5) is 4.39 Å². The molecule has 1 aliphatic rings. The van der Waals surface area contributed by atoms with Crippen LogP contribution >= 0.6 is 27.5 Å². The van der Waals surface area contributed by atoms with Gasteiger partial charge in [-0.15, -0.1) is 0 Å². The van der Waals surface area contributed by atoms with Crippen LogP contribution in [0.3, 0.4) is 0 Å². The molecule has 0 spiro atoms. The van der Waals surface area contributed by atoms with Crippen LogP contribution in [0.15, 0.2) is 34.8 Å². The Hall–Kier alpha value is -1.30. The molecule has 2 aromatic rings. The predicted molar refractivity (Wildman–Crippen MR) is 80.3 cm³/mol. The van der Waals surface area contributed by atoms with E-state index in [0.717, 1.165) is 0 Å². The first-order valence-electron chi connectivity index (χ1n) is 6.25. The largest absolute Gasteiger partial charge is 0.454 e. The quantitative estimate of drug-likeness (QED) is 0.874. The molecule has 0 bridgehead atoms. The maximum absolute atomic E-state index is 13.4. The van der Waals surface area contributed by atoms with Crippen molar-refractivity contribution in [3.63, 3.8) is 0 Å². The molecule has 0 amide bonds. The molecule has 110 valence electrons. The van der Waals surface area contributed by atoms with Gasteiger partial charge in [0, 0.05) is 6.42 Å². The molecule has 3 nitrogen and oxygen atoms in total. The molecule has 0 aromatic heterocycles. The minimum Gasteiger partial charge on any atom is -0.454 e. The maximum Gasteiger partial charge on any atom is 0.231 e. The van der Waals surface area contributed by atoms with E-state index >= 15 is 0 Å². The van der Waals surface area contributed by atoms with Gasteiger partial charge in [-0.1, -0.05) is 17.7 Å².